The highest BCUT2D eigenvalue weighted by atomic mass is 35.5. The van der Waals surface area contributed by atoms with Gasteiger partial charge < -0.3 is 9.80 Å². The fraction of sp³-hybridized carbons (Fsp3) is 0.348. The Morgan fingerprint density at radius 2 is 0.735 bits per heavy atom. The largest absolute Gasteiger partial charge is 0.309 e. The smallest absolute Gasteiger partial charge is 0.0887 e. The number of hydrogen-bond acceptors (Lipinski definition) is 2. The Balaban J connectivity index is 1.65. The van der Waals surface area contributed by atoms with Crippen molar-refractivity contribution in [1.82, 2.24) is 0 Å². The summed E-state index contributed by atoms with van der Waals surface area (Å²) < 4.78 is 0. The van der Waals surface area contributed by atoms with Gasteiger partial charge in [0.25, 0.3) is 0 Å². The molecule has 256 valence electrons. The standard InChI is InChI=1S/C46H55ClN2/c1-5-9-16-36-26-30-40(31-27-36)48(41-32-28-37(29-33-41)17-10-6-2)44-24-15-25-45(46(44)47)49(42-22-13-20-38(34-42)18-11-7-3)43-23-14-21-39(35-43)19-12-8-4/h13-15,20-35H,5-12,16-19H2,1-4H3. The molecule has 0 heterocycles. The molecule has 0 unspecified atom stereocenters. The van der Waals surface area contributed by atoms with E-state index >= 15 is 0 Å². The summed E-state index contributed by atoms with van der Waals surface area (Å²) in [5, 5.41) is 0.727. The zero-order chi connectivity index (χ0) is 34.4. The van der Waals surface area contributed by atoms with Gasteiger partial charge in [0.05, 0.1) is 16.4 Å². The number of anilines is 6. The Morgan fingerprint density at radius 3 is 1.12 bits per heavy atom. The molecule has 0 amide bonds. The maximum Gasteiger partial charge on any atom is 0.0887 e. The molecule has 5 aromatic rings. The Labute approximate surface area is 301 Å². The van der Waals surface area contributed by atoms with E-state index in [0.29, 0.717) is 0 Å². The van der Waals surface area contributed by atoms with Crippen LogP contribution in [0.1, 0.15) is 101 Å². The molecule has 0 fully saturated rings. The molecule has 0 spiro atoms. The van der Waals surface area contributed by atoms with Gasteiger partial charge in [-0.1, -0.05) is 120 Å². The quantitative estimate of drug-likeness (QED) is 0.0915. The zero-order valence-electron chi connectivity index (χ0n) is 30.2. The summed E-state index contributed by atoms with van der Waals surface area (Å²) in [7, 11) is 0. The zero-order valence-corrected chi connectivity index (χ0v) is 31.0. The molecule has 5 rings (SSSR count). The molecule has 0 aromatic heterocycles. The minimum absolute atomic E-state index is 0.727. The Morgan fingerprint density at radius 1 is 0.388 bits per heavy atom. The van der Waals surface area contributed by atoms with Crippen LogP contribution in [0.2, 0.25) is 5.02 Å². The third kappa shape index (κ3) is 9.58. The molecule has 0 bridgehead atoms. The Kier molecular flexibility index (Phi) is 13.8. The summed E-state index contributed by atoms with van der Waals surface area (Å²) in [5.41, 5.74) is 11.9. The van der Waals surface area contributed by atoms with Crippen LogP contribution in [0.5, 0.6) is 0 Å². The van der Waals surface area contributed by atoms with E-state index in [2.05, 4.69) is 153 Å². The normalized spacial score (nSPS) is 11.1. The van der Waals surface area contributed by atoms with Crippen molar-refractivity contribution in [2.24, 2.45) is 0 Å². The lowest BCUT2D eigenvalue weighted by Gasteiger charge is -2.31. The van der Waals surface area contributed by atoms with Crippen LogP contribution in [0.4, 0.5) is 34.1 Å². The van der Waals surface area contributed by atoms with Crippen LogP contribution in [0.3, 0.4) is 0 Å². The monoisotopic (exact) mass is 670 g/mol. The molecule has 2 nitrogen and oxygen atoms in total. The SMILES string of the molecule is CCCCc1ccc(N(c2ccc(CCCC)cc2)c2cccc(N(c3cccc(CCCC)c3)c3cccc(CCCC)c3)c2Cl)cc1. The first-order valence-electron chi connectivity index (χ1n) is 18.8. The summed E-state index contributed by atoms with van der Waals surface area (Å²) in [5.74, 6) is 0. The first-order chi connectivity index (χ1) is 24.1. The third-order valence-corrected chi connectivity index (χ3v) is 9.83. The first-order valence-corrected chi connectivity index (χ1v) is 19.2. The summed E-state index contributed by atoms with van der Waals surface area (Å²) in [6, 6.07) is 42.7. The van der Waals surface area contributed by atoms with E-state index in [1.165, 1.54) is 73.6 Å². The second-order valence-electron chi connectivity index (χ2n) is 13.4. The molecule has 0 saturated carbocycles. The molecule has 5 aromatic carbocycles. The van der Waals surface area contributed by atoms with E-state index in [1.807, 2.05) is 0 Å². The van der Waals surface area contributed by atoms with Crippen molar-refractivity contribution in [3.8, 4) is 0 Å². The maximum absolute atomic E-state index is 7.66. The fourth-order valence-corrected chi connectivity index (χ4v) is 6.85. The van der Waals surface area contributed by atoms with Crippen LogP contribution in [0.25, 0.3) is 0 Å². The molecule has 0 aliphatic rings. The van der Waals surface area contributed by atoms with Gasteiger partial charge in [0.2, 0.25) is 0 Å². The minimum Gasteiger partial charge on any atom is -0.309 e. The highest BCUT2D eigenvalue weighted by Gasteiger charge is 2.22. The summed E-state index contributed by atoms with van der Waals surface area (Å²) in [4.78, 5) is 4.68. The topological polar surface area (TPSA) is 6.48 Å². The average Bonchev–Trinajstić information content (AvgIpc) is 3.14. The van der Waals surface area contributed by atoms with Gasteiger partial charge in [0.15, 0.2) is 0 Å². The molecular formula is C46H55ClN2. The third-order valence-electron chi connectivity index (χ3n) is 9.44. The number of rotatable bonds is 18. The lowest BCUT2D eigenvalue weighted by Crippen LogP contribution is -2.15. The van der Waals surface area contributed by atoms with Crippen molar-refractivity contribution in [2.75, 3.05) is 9.80 Å². The molecular weight excluding hydrogens is 616 g/mol. The van der Waals surface area contributed by atoms with Gasteiger partial charge in [-0.3, -0.25) is 0 Å². The molecule has 0 N–H and O–H groups in total. The number of aryl methyl sites for hydroxylation is 4. The first kappa shape index (κ1) is 36.3. The van der Waals surface area contributed by atoms with Crippen molar-refractivity contribution >= 4 is 45.7 Å². The van der Waals surface area contributed by atoms with Crippen molar-refractivity contribution in [1.29, 1.82) is 0 Å². The number of benzene rings is 5. The van der Waals surface area contributed by atoms with E-state index in [9.17, 15) is 0 Å². The van der Waals surface area contributed by atoms with E-state index < -0.39 is 0 Å². The number of halogens is 1. The molecule has 0 atom stereocenters. The lowest BCUT2D eigenvalue weighted by atomic mass is 10.0. The summed E-state index contributed by atoms with van der Waals surface area (Å²) in [6.45, 7) is 9.02. The van der Waals surface area contributed by atoms with Crippen LogP contribution in [0.15, 0.2) is 115 Å². The van der Waals surface area contributed by atoms with Gasteiger partial charge >= 0.3 is 0 Å². The van der Waals surface area contributed by atoms with Crippen LogP contribution in [-0.2, 0) is 25.7 Å². The van der Waals surface area contributed by atoms with E-state index in [0.717, 1.165) is 64.8 Å². The minimum atomic E-state index is 0.727. The molecule has 0 saturated heterocycles. The van der Waals surface area contributed by atoms with E-state index in [4.69, 9.17) is 11.6 Å². The van der Waals surface area contributed by atoms with Crippen molar-refractivity contribution < 1.29 is 0 Å². The predicted molar refractivity (Wildman–Crippen MR) is 215 cm³/mol. The number of unbranched alkanes of at least 4 members (excludes halogenated alkanes) is 4. The van der Waals surface area contributed by atoms with Gasteiger partial charge in [-0.05, 0) is 134 Å². The predicted octanol–water partition coefficient (Wildman–Crippen LogP) is 14.6. The van der Waals surface area contributed by atoms with Gasteiger partial charge in [0.1, 0.15) is 0 Å². The van der Waals surface area contributed by atoms with Crippen molar-refractivity contribution in [3.63, 3.8) is 0 Å². The van der Waals surface area contributed by atoms with Gasteiger partial charge in [-0.2, -0.15) is 0 Å². The van der Waals surface area contributed by atoms with Crippen LogP contribution in [0, 0.1) is 0 Å². The molecule has 0 aliphatic carbocycles. The molecule has 0 aliphatic heterocycles. The Bertz CT molecular complexity index is 1620. The van der Waals surface area contributed by atoms with Crippen molar-refractivity contribution in [2.45, 2.75) is 105 Å². The molecule has 3 heteroatoms. The van der Waals surface area contributed by atoms with Gasteiger partial charge in [-0.15, -0.1) is 0 Å². The van der Waals surface area contributed by atoms with Gasteiger partial charge in [-0.25, -0.2) is 0 Å². The van der Waals surface area contributed by atoms with Gasteiger partial charge in [0, 0.05) is 22.7 Å². The lowest BCUT2D eigenvalue weighted by molar-refractivity contribution is 0.794. The summed E-state index contributed by atoms with van der Waals surface area (Å²) >= 11 is 7.66. The summed E-state index contributed by atoms with van der Waals surface area (Å²) in [6.07, 6.45) is 13.8. The fourth-order valence-electron chi connectivity index (χ4n) is 6.56. The maximum atomic E-state index is 7.66. The molecule has 0 radical (unpaired) electrons. The second-order valence-corrected chi connectivity index (χ2v) is 13.7. The van der Waals surface area contributed by atoms with Crippen LogP contribution < -0.4 is 9.80 Å². The van der Waals surface area contributed by atoms with Crippen LogP contribution >= 0.6 is 11.6 Å². The second kappa shape index (κ2) is 18.7. The highest BCUT2D eigenvalue weighted by molar-refractivity contribution is 6.36. The van der Waals surface area contributed by atoms with E-state index in [1.54, 1.807) is 0 Å². The number of hydrogen-bond donors (Lipinski definition) is 0. The Hall–Kier alpha value is -4.01. The highest BCUT2D eigenvalue weighted by Crippen LogP contribution is 2.47. The average molecular weight is 671 g/mol. The van der Waals surface area contributed by atoms with E-state index in [-0.39, 0.29) is 0 Å². The van der Waals surface area contributed by atoms with Crippen molar-refractivity contribution in [3.05, 3.63) is 143 Å². The molecule has 49 heavy (non-hydrogen) atoms. The van der Waals surface area contributed by atoms with Crippen LogP contribution in [-0.4, -0.2) is 0 Å². The number of nitrogens with zero attached hydrogens (tertiary/aromatic N) is 2.